The Morgan fingerprint density at radius 1 is 1.50 bits per heavy atom. The van der Waals surface area contributed by atoms with E-state index in [2.05, 4.69) is 24.1 Å². The zero-order valence-corrected chi connectivity index (χ0v) is 7.20. The highest BCUT2D eigenvalue weighted by Crippen LogP contribution is 2.34. The molecule has 1 aliphatic rings. The second-order valence-corrected chi connectivity index (χ2v) is 3.32. The minimum Gasteiger partial charge on any atom is -0.396 e. The maximum atomic E-state index is 9.10. The molecule has 2 heteroatoms. The van der Waals surface area contributed by atoms with Gasteiger partial charge in [-0.15, -0.1) is 0 Å². The van der Waals surface area contributed by atoms with Gasteiger partial charge in [-0.3, -0.25) is 0 Å². The van der Waals surface area contributed by atoms with Crippen molar-refractivity contribution in [3.05, 3.63) is 29.8 Å². The number of hydrogen-bond donors (Lipinski definition) is 1. The molecule has 0 saturated heterocycles. The lowest BCUT2D eigenvalue weighted by Gasteiger charge is -2.11. The van der Waals surface area contributed by atoms with Gasteiger partial charge in [0.1, 0.15) is 0 Å². The van der Waals surface area contributed by atoms with Crippen LogP contribution >= 0.6 is 0 Å². The van der Waals surface area contributed by atoms with Gasteiger partial charge in [-0.1, -0.05) is 18.2 Å². The highest BCUT2D eigenvalue weighted by molar-refractivity contribution is 5.59. The molecule has 1 atom stereocenters. The van der Waals surface area contributed by atoms with Crippen molar-refractivity contribution in [2.75, 3.05) is 25.1 Å². The largest absolute Gasteiger partial charge is 0.396 e. The molecule has 0 spiro atoms. The highest BCUT2D eigenvalue weighted by Gasteiger charge is 2.24. The van der Waals surface area contributed by atoms with Gasteiger partial charge >= 0.3 is 0 Å². The molecular weight excluding hydrogens is 150 g/mol. The molecule has 1 aliphatic heterocycles. The second-order valence-electron chi connectivity index (χ2n) is 3.32. The molecule has 1 heterocycles. The van der Waals surface area contributed by atoms with E-state index in [1.54, 1.807) is 0 Å². The molecule has 64 valence electrons. The second kappa shape index (κ2) is 2.79. The van der Waals surface area contributed by atoms with Gasteiger partial charge in [0.05, 0.1) is 6.61 Å². The molecule has 0 saturated carbocycles. The summed E-state index contributed by atoms with van der Waals surface area (Å²) in [5, 5.41) is 9.10. The van der Waals surface area contributed by atoms with Crippen LogP contribution in [0.3, 0.4) is 0 Å². The Balaban J connectivity index is 2.43. The summed E-state index contributed by atoms with van der Waals surface area (Å²) in [6.45, 7) is 1.19. The predicted octanol–water partition coefficient (Wildman–Crippen LogP) is 1.21. The number of aliphatic hydroxyl groups excluding tert-OH is 1. The predicted molar refractivity (Wildman–Crippen MR) is 49.5 cm³/mol. The molecule has 0 amide bonds. The number of anilines is 1. The lowest BCUT2D eigenvalue weighted by Crippen LogP contribution is -2.16. The Kier molecular flexibility index (Phi) is 1.77. The van der Waals surface area contributed by atoms with E-state index < -0.39 is 0 Å². The fourth-order valence-corrected chi connectivity index (χ4v) is 1.86. The van der Waals surface area contributed by atoms with E-state index >= 15 is 0 Å². The van der Waals surface area contributed by atoms with Gasteiger partial charge in [0.2, 0.25) is 0 Å². The standard InChI is InChI=1S/C10H13NO/c1-11-6-8(7-12)9-4-2-3-5-10(9)11/h2-5,8,12H,6-7H2,1H3. The number of rotatable bonds is 1. The van der Waals surface area contributed by atoms with Crippen molar-refractivity contribution in [1.29, 1.82) is 0 Å². The SMILES string of the molecule is CN1CC(CO)c2ccccc21. The summed E-state index contributed by atoms with van der Waals surface area (Å²) in [6, 6.07) is 8.26. The van der Waals surface area contributed by atoms with Crippen LogP contribution in [0.1, 0.15) is 11.5 Å². The van der Waals surface area contributed by atoms with E-state index in [1.807, 2.05) is 12.1 Å². The third kappa shape index (κ3) is 0.994. The number of fused-ring (bicyclic) bond motifs is 1. The van der Waals surface area contributed by atoms with Gasteiger partial charge in [-0.2, -0.15) is 0 Å². The summed E-state index contributed by atoms with van der Waals surface area (Å²) in [7, 11) is 2.06. The van der Waals surface area contributed by atoms with Crippen LogP contribution in [0.4, 0.5) is 5.69 Å². The number of para-hydroxylation sites is 1. The third-order valence-electron chi connectivity index (χ3n) is 2.50. The summed E-state index contributed by atoms with van der Waals surface area (Å²) >= 11 is 0. The summed E-state index contributed by atoms with van der Waals surface area (Å²) < 4.78 is 0. The summed E-state index contributed by atoms with van der Waals surface area (Å²) in [5.41, 5.74) is 2.54. The molecular formula is C10H13NO. The highest BCUT2D eigenvalue weighted by atomic mass is 16.3. The van der Waals surface area contributed by atoms with E-state index in [-0.39, 0.29) is 6.61 Å². The molecule has 0 aromatic heterocycles. The first-order chi connectivity index (χ1) is 5.83. The fourth-order valence-electron chi connectivity index (χ4n) is 1.86. The van der Waals surface area contributed by atoms with Gasteiger partial charge in [0, 0.05) is 25.2 Å². The van der Waals surface area contributed by atoms with Crippen LogP contribution in [0.5, 0.6) is 0 Å². The zero-order valence-electron chi connectivity index (χ0n) is 7.20. The molecule has 1 aromatic rings. The Morgan fingerprint density at radius 2 is 2.25 bits per heavy atom. The first kappa shape index (κ1) is 7.62. The van der Waals surface area contributed by atoms with Crippen LogP contribution in [-0.4, -0.2) is 25.3 Å². The quantitative estimate of drug-likeness (QED) is 0.672. The minimum absolute atomic E-state index is 0.251. The van der Waals surface area contributed by atoms with E-state index in [1.165, 1.54) is 11.3 Å². The van der Waals surface area contributed by atoms with E-state index in [4.69, 9.17) is 5.11 Å². The monoisotopic (exact) mass is 163 g/mol. The fraction of sp³-hybridized carbons (Fsp3) is 0.400. The van der Waals surface area contributed by atoms with Crippen molar-refractivity contribution in [1.82, 2.24) is 0 Å². The molecule has 1 aromatic carbocycles. The third-order valence-corrected chi connectivity index (χ3v) is 2.50. The van der Waals surface area contributed by atoms with Crippen molar-refractivity contribution in [2.24, 2.45) is 0 Å². The van der Waals surface area contributed by atoms with Gasteiger partial charge in [0.15, 0.2) is 0 Å². The smallest absolute Gasteiger partial charge is 0.0517 e. The number of benzene rings is 1. The Hall–Kier alpha value is -1.02. The first-order valence-corrected chi connectivity index (χ1v) is 4.24. The van der Waals surface area contributed by atoms with E-state index in [0.29, 0.717) is 5.92 Å². The van der Waals surface area contributed by atoms with E-state index in [9.17, 15) is 0 Å². The average molecular weight is 163 g/mol. The van der Waals surface area contributed by atoms with Crippen LogP contribution in [0.2, 0.25) is 0 Å². The Morgan fingerprint density at radius 3 is 3.00 bits per heavy atom. The number of nitrogens with zero attached hydrogens (tertiary/aromatic N) is 1. The molecule has 2 rings (SSSR count). The summed E-state index contributed by atoms with van der Waals surface area (Å²) in [6.07, 6.45) is 0. The van der Waals surface area contributed by atoms with Crippen molar-refractivity contribution >= 4 is 5.69 Å². The molecule has 1 N–H and O–H groups in total. The molecule has 0 aliphatic carbocycles. The molecule has 0 bridgehead atoms. The summed E-state index contributed by atoms with van der Waals surface area (Å²) in [4.78, 5) is 2.19. The lowest BCUT2D eigenvalue weighted by molar-refractivity contribution is 0.271. The Labute approximate surface area is 72.4 Å². The van der Waals surface area contributed by atoms with Gasteiger partial charge in [0.25, 0.3) is 0 Å². The maximum absolute atomic E-state index is 9.10. The normalized spacial score (nSPS) is 21.2. The number of likely N-dealkylation sites (N-methyl/N-ethyl adjacent to an activating group) is 1. The van der Waals surface area contributed by atoms with Crippen LogP contribution < -0.4 is 4.90 Å². The van der Waals surface area contributed by atoms with E-state index in [0.717, 1.165) is 6.54 Å². The molecule has 12 heavy (non-hydrogen) atoms. The van der Waals surface area contributed by atoms with Crippen molar-refractivity contribution in [2.45, 2.75) is 5.92 Å². The first-order valence-electron chi connectivity index (χ1n) is 4.24. The van der Waals surface area contributed by atoms with Crippen LogP contribution in [-0.2, 0) is 0 Å². The lowest BCUT2D eigenvalue weighted by atomic mass is 10.0. The average Bonchev–Trinajstić information content (AvgIpc) is 2.44. The minimum atomic E-state index is 0.251. The van der Waals surface area contributed by atoms with Crippen molar-refractivity contribution < 1.29 is 5.11 Å². The summed E-state index contributed by atoms with van der Waals surface area (Å²) in [5.74, 6) is 0.311. The van der Waals surface area contributed by atoms with Gasteiger partial charge in [-0.05, 0) is 11.6 Å². The zero-order chi connectivity index (χ0) is 8.55. The van der Waals surface area contributed by atoms with Crippen LogP contribution in [0.15, 0.2) is 24.3 Å². The van der Waals surface area contributed by atoms with Crippen LogP contribution in [0.25, 0.3) is 0 Å². The van der Waals surface area contributed by atoms with Crippen LogP contribution in [0, 0.1) is 0 Å². The topological polar surface area (TPSA) is 23.5 Å². The van der Waals surface area contributed by atoms with Gasteiger partial charge in [-0.25, -0.2) is 0 Å². The number of hydrogen-bond acceptors (Lipinski definition) is 2. The molecule has 0 fully saturated rings. The van der Waals surface area contributed by atoms with Crippen molar-refractivity contribution in [3.8, 4) is 0 Å². The molecule has 2 nitrogen and oxygen atoms in total. The Bertz CT molecular complexity index is 285. The number of aliphatic hydroxyl groups is 1. The molecule has 0 radical (unpaired) electrons. The maximum Gasteiger partial charge on any atom is 0.0517 e. The molecule has 1 unspecified atom stereocenters. The van der Waals surface area contributed by atoms with Crippen molar-refractivity contribution in [3.63, 3.8) is 0 Å². The van der Waals surface area contributed by atoms with Gasteiger partial charge < -0.3 is 10.0 Å².